The van der Waals surface area contributed by atoms with E-state index < -0.39 is 0 Å². The van der Waals surface area contributed by atoms with Gasteiger partial charge in [-0.3, -0.25) is 0 Å². The molecule has 1 aliphatic rings. The fraction of sp³-hybridized carbons (Fsp3) is 0.286. The molecule has 6 nitrogen and oxygen atoms in total. The summed E-state index contributed by atoms with van der Waals surface area (Å²) in [7, 11) is 0. The third kappa shape index (κ3) is 3.69. The lowest BCUT2D eigenvalue weighted by Gasteiger charge is -2.22. The van der Waals surface area contributed by atoms with E-state index in [0.29, 0.717) is 18.3 Å². The quantitative estimate of drug-likeness (QED) is 0.732. The summed E-state index contributed by atoms with van der Waals surface area (Å²) in [6.07, 6.45) is 1.73. The highest BCUT2D eigenvalue weighted by Gasteiger charge is 2.34. The van der Waals surface area contributed by atoms with Crippen LogP contribution in [0.2, 0.25) is 0 Å². The van der Waals surface area contributed by atoms with E-state index >= 15 is 0 Å². The van der Waals surface area contributed by atoms with Crippen LogP contribution in [-0.4, -0.2) is 27.6 Å². The molecule has 0 unspecified atom stereocenters. The predicted octanol–water partition coefficient (Wildman–Crippen LogP) is 4.72. The van der Waals surface area contributed by atoms with Gasteiger partial charge in [0, 0.05) is 17.8 Å². The molecular weight excluding hydrogens is 340 g/mol. The van der Waals surface area contributed by atoms with Gasteiger partial charge in [-0.15, -0.1) is 0 Å². The number of carbonyl (C=O) groups is 1. The van der Waals surface area contributed by atoms with Crippen molar-refractivity contribution in [2.45, 2.75) is 32.7 Å². The van der Waals surface area contributed by atoms with E-state index in [0.717, 1.165) is 35.2 Å². The Morgan fingerprint density at radius 2 is 1.89 bits per heavy atom. The highest BCUT2D eigenvalue weighted by molar-refractivity contribution is 5.90. The van der Waals surface area contributed by atoms with Gasteiger partial charge in [-0.2, -0.15) is 4.98 Å². The van der Waals surface area contributed by atoms with Crippen molar-refractivity contribution >= 4 is 11.7 Å². The van der Waals surface area contributed by atoms with Gasteiger partial charge in [0.2, 0.25) is 11.7 Å². The monoisotopic (exact) mass is 362 g/mol. The van der Waals surface area contributed by atoms with Crippen molar-refractivity contribution in [2.24, 2.45) is 0 Å². The number of hydrogen-bond acceptors (Lipinski definition) is 4. The standard InChI is InChI=1S/C21H22N4O2/c1-14-11-15(2)13-17(12-14)22-21(26)25-10-6-9-18(25)20-23-19(24-27-20)16-7-4-3-5-8-16/h3-5,7-8,11-13,18H,6,9-10H2,1-2H3,(H,22,26)/t18-/m1/s1. The minimum absolute atomic E-state index is 0.137. The van der Waals surface area contributed by atoms with Crippen molar-refractivity contribution in [3.63, 3.8) is 0 Å². The Hall–Kier alpha value is -3.15. The number of aromatic nitrogens is 2. The van der Waals surface area contributed by atoms with Crippen LogP contribution in [0, 0.1) is 13.8 Å². The summed E-state index contributed by atoms with van der Waals surface area (Å²) < 4.78 is 5.49. The van der Waals surface area contributed by atoms with Gasteiger partial charge in [0.25, 0.3) is 0 Å². The normalized spacial score (nSPS) is 16.5. The number of urea groups is 1. The van der Waals surface area contributed by atoms with Gasteiger partial charge in [-0.1, -0.05) is 41.6 Å². The lowest BCUT2D eigenvalue weighted by molar-refractivity contribution is 0.193. The van der Waals surface area contributed by atoms with E-state index in [1.54, 1.807) is 4.90 Å². The lowest BCUT2D eigenvalue weighted by Crippen LogP contribution is -2.34. The number of likely N-dealkylation sites (tertiary alicyclic amines) is 1. The fourth-order valence-electron chi connectivity index (χ4n) is 3.58. The molecule has 138 valence electrons. The molecule has 2 aromatic carbocycles. The highest BCUT2D eigenvalue weighted by Crippen LogP contribution is 2.32. The number of rotatable bonds is 3. The molecule has 1 N–H and O–H groups in total. The molecule has 0 spiro atoms. The maximum atomic E-state index is 12.8. The van der Waals surface area contributed by atoms with Crippen molar-refractivity contribution in [3.8, 4) is 11.4 Å². The van der Waals surface area contributed by atoms with E-state index in [-0.39, 0.29) is 12.1 Å². The second-order valence-corrected chi connectivity index (χ2v) is 6.98. The number of carbonyl (C=O) groups excluding carboxylic acids is 1. The second-order valence-electron chi connectivity index (χ2n) is 6.98. The molecule has 0 bridgehead atoms. The average Bonchev–Trinajstić information content (AvgIpc) is 3.31. The van der Waals surface area contributed by atoms with Gasteiger partial charge in [0.15, 0.2) is 0 Å². The molecule has 6 heteroatoms. The topological polar surface area (TPSA) is 71.3 Å². The Bertz CT molecular complexity index is 932. The summed E-state index contributed by atoms with van der Waals surface area (Å²) in [5.74, 6) is 1.04. The Morgan fingerprint density at radius 1 is 1.15 bits per heavy atom. The number of hydrogen-bond donors (Lipinski definition) is 1. The summed E-state index contributed by atoms with van der Waals surface area (Å²) in [6, 6.07) is 15.4. The van der Waals surface area contributed by atoms with Crippen LogP contribution in [0.3, 0.4) is 0 Å². The first kappa shape index (κ1) is 17.3. The molecule has 3 aromatic rings. The third-order valence-electron chi connectivity index (χ3n) is 4.75. The number of nitrogens with one attached hydrogen (secondary N) is 1. The van der Waals surface area contributed by atoms with Crippen LogP contribution < -0.4 is 5.32 Å². The minimum Gasteiger partial charge on any atom is -0.337 e. The molecule has 1 fully saturated rings. The SMILES string of the molecule is Cc1cc(C)cc(NC(=O)N2CCC[C@@H]2c2nc(-c3ccccc3)no2)c1. The van der Waals surface area contributed by atoms with Gasteiger partial charge >= 0.3 is 6.03 Å². The molecular formula is C21H22N4O2. The largest absolute Gasteiger partial charge is 0.337 e. The van der Waals surface area contributed by atoms with Gasteiger partial charge in [-0.25, -0.2) is 4.79 Å². The van der Waals surface area contributed by atoms with Crippen molar-refractivity contribution in [1.82, 2.24) is 15.0 Å². The summed E-state index contributed by atoms with van der Waals surface area (Å²) in [5.41, 5.74) is 3.94. The van der Waals surface area contributed by atoms with E-state index in [2.05, 4.69) is 21.5 Å². The van der Waals surface area contributed by atoms with E-state index in [9.17, 15) is 4.79 Å². The molecule has 2 heterocycles. The van der Waals surface area contributed by atoms with Gasteiger partial charge < -0.3 is 14.7 Å². The minimum atomic E-state index is -0.194. The van der Waals surface area contributed by atoms with E-state index in [1.165, 1.54) is 0 Å². The van der Waals surface area contributed by atoms with Crippen LogP contribution in [0.15, 0.2) is 53.1 Å². The van der Waals surface area contributed by atoms with Gasteiger partial charge in [0.05, 0.1) is 0 Å². The molecule has 2 amide bonds. The van der Waals surface area contributed by atoms with Crippen molar-refractivity contribution in [1.29, 1.82) is 0 Å². The molecule has 1 aromatic heterocycles. The highest BCUT2D eigenvalue weighted by atomic mass is 16.5. The van der Waals surface area contributed by atoms with Crippen LogP contribution in [0.1, 0.15) is 35.9 Å². The smallest absolute Gasteiger partial charge is 0.322 e. The van der Waals surface area contributed by atoms with Crippen molar-refractivity contribution < 1.29 is 9.32 Å². The Labute approximate surface area is 158 Å². The maximum Gasteiger partial charge on any atom is 0.322 e. The van der Waals surface area contributed by atoms with Crippen molar-refractivity contribution in [2.75, 3.05) is 11.9 Å². The van der Waals surface area contributed by atoms with Crippen LogP contribution in [-0.2, 0) is 0 Å². The summed E-state index contributed by atoms with van der Waals surface area (Å²) in [6.45, 7) is 4.71. The predicted molar refractivity (Wildman–Crippen MR) is 103 cm³/mol. The molecule has 1 atom stereocenters. The first-order chi connectivity index (χ1) is 13.1. The molecule has 0 aliphatic carbocycles. The molecule has 0 radical (unpaired) electrons. The first-order valence-electron chi connectivity index (χ1n) is 9.15. The molecule has 0 saturated carbocycles. The number of nitrogens with zero attached hydrogens (tertiary/aromatic N) is 3. The average molecular weight is 362 g/mol. The first-order valence-corrected chi connectivity index (χ1v) is 9.15. The second kappa shape index (κ2) is 7.23. The summed E-state index contributed by atoms with van der Waals surface area (Å²) in [4.78, 5) is 19.1. The molecule has 1 saturated heterocycles. The Morgan fingerprint density at radius 3 is 2.63 bits per heavy atom. The fourth-order valence-corrected chi connectivity index (χ4v) is 3.58. The van der Waals surface area contributed by atoms with Crippen LogP contribution in [0.4, 0.5) is 10.5 Å². The Kier molecular flexibility index (Phi) is 4.62. The third-order valence-corrected chi connectivity index (χ3v) is 4.75. The number of anilines is 1. The zero-order valence-electron chi connectivity index (χ0n) is 15.5. The number of aryl methyl sites for hydroxylation is 2. The summed E-state index contributed by atoms with van der Waals surface area (Å²) in [5, 5.41) is 7.09. The summed E-state index contributed by atoms with van der Waals surface area (Å²) >= 11 is 0. The number of amides is 2. The number of benzene rings is 2. The molecule has 27 heavy (non-hydrogen) atoms. The van der Waals surface area contributed by atoms with Gasteiger partial charge in [0.1, 0.15) is 6.04 Å². The molecule has 1 aliphatic heterocycles. The van der Waals surface area contributed by atoms with E-state index in [4.69, 9.17) is 4.52 Å². The lowest BCUT2D eigenvalue weighted by atomic mass is 10.1. The van der Waals surface area contributed by atoms with Crippen LogP contribution >= 0.6 is 0 Å². The van der Waals surface area contributed by atoms with E-state index in [1.807, 2.05) is 56.3 Å². The Balaban J connectivity index is 1.52. The molecule has 4 rings (SSSR count). The zero-order valence-corrected chi connectivity index (χ0v) is 15.5. The zero-order chi connectivity index (χ0) is 18.8. The van der Waals surface area contributed by atoms with Crippen molar-refractivity contribution in [3.05, 3.63) is 65.5 Å². The van der Waals surface area contributed by atoms with Gasteiger partial charge in [-0.05, 0) is 49.9 Å². The van der Waals surface area contributed by atoms with Crippen LogP contribution in [0.25, 0.3) is 11.4 Å². The maximum absolute atomic E-state index is 12.8. The van der Waals surface area contributed by atoms with Crippen LogP contribution in [0.5, 0.6) is 0 Å².